The third kappa shape index (κ3) is 3.85. The molecule has 1 unspecified atom stereocenters. The summed E-state index contributed by atoms with van der Waals surface area (Å²) in [5.41, 5.74) is 7.18. The van der Waals surface area contributed by atoms with E-state index in [-0.39, 0.29) is 12.4 Å². The van der Waals surface area contributed by atoms with E-state index in [1.807, 2.05) is 6.07 Å². The topological polar surface area (TPSA) is 38.5 Å². The number of nitrogens with zero attached hydrogens (tertiary/aromatic N) is 1. The lowest BCUT2D eigenvalue weighted by molar-refractivity contribution is 0.326. The number of methoxy groups -OCH3 is 1. The number of halogens is 2. The van der Waals surface area contributed by atoms with Gasteiger partial charge in [0.1, 0.15) is 5.75 Å². The molecule has 1 fully saturated rings. The van der Waals surface area contributed by atoms with E-state index >= 15 is 0 Å². The Balaban J connectivity index is 0.00000144. The number of hydrogen-bond acceptors (Lipinski definition) is 3. The summed E-state index contributed by atoms with van der Waals surface area (Å²) in [6.45, 7) is 3.07. The Kier molecular flexibility index (Phi) is 5.73. The van der Waals surface area contributed by atoms with E-state index in [2.05, 4.69) is 33.0 Å². The zero-order valence-corrected chi connectivity index (χ0v) is 12.3. The number of rotatable bonds is 3. The van der Waals surface area contributed by atoms with Crippen LogP contribution in [0.25, 0.3) is 0 Å². The highest BCUT2D eigenvalue weighted by molar-refractivity contribution is 9.10. The normalized spacial score (nSPS) is 20.1. The molecule has 0 saturated carbocycles. The average Bonchev–Trinajstić information content (AvgIpc) is 2.64. The minimum Gasteiger partial charge on any atom is -0.496 e. The number of benzene rings is 1. The Hall–Kier alpha value is -0.290. The Bertz CT molecular complexity index is 376. The standard InChI is InChI=1S/C12H17BrN2O.ClH/c1-16-12-3-2-9(6-11(12)13)7-15-5-4-10(14)8-15;/h2-3,6,10H,4-5,7-8,14H2,1H3;1H. The lowest BCUT2D eigenvalue weighted by atomic mass is 10.2. The van der Waals surface area contributed by atoms with Gasteiger partial charge in [0.25, 0.3) is 0 Å². The van der Waals surface area contributed by atoms with Crippen molar-refractivity contribution in [2.24, 2.45) is 5.73 Å². The van der Waals surface area contributed by atoms with Gasteiger partial charge >= 0.3 is 0 Å². The predicted octanol–water partition coefficient (Wildman–Crippen LogP) is 2.41. The average molecular weight is 322 g/mol. The van der Waals surface area contributed by atoms with E-state index in [0.29, 0.717) is 6.04 Å². The van der Waals surface area contributed by atoms with Crippen molar-refractivity contribution in [2.45, 2.75) is 19.0 Å². The first kappa shape index (κ1) is 14.8. The highest BCUT2D eigenvalue weighted by atomic mass is 79.9. The molecule has 1 aromatic carbocycles. The van der Waals surface area contributed by atoms with E-state index in [1.54, 1.807) is 7.11 Å². The molecule has 1 aromatic rings. The van der Waals surface area contributed by atoms with E-state index in [9.17, 15) is 0 Å². The van der Waals surface area contributed by atoms with Gasteiger partial charge in [0.2, 0.25) is 0 Å². The van der Waals surface area contributed by atoms with Crippen molar-refractivity contribution >= 4 is 28.3 Å². The second kappa shape index (κ2) is 6.59. The monoisotopic (exact) mass is 320 g/mol. The third-order valence-electron chi connectivity index (χ3n) is 2.93. The molecule has 96 valence electrons. The molecule has 0 spiro atoms. The molecule has 2 N–H and O–H groups in total. The molecule has 0 aliphatic carbocycles. The SMILES string of the molecule is COc1ccc(CN2CCC(N)C2)cc1Br.Cl. The molecule has 1 heterocycles. The van der Waals surface area contributed by atoms with Gasteiger partial charge in [-0.05, 0) is 40.0 Å². The molecule has 0 aromatic heterocycles. The van der Waals surface area contributed by atoms with E-state index in [0.717, 1.165) is 36.3 Å². The van der Waals surface area contributed by atoms with Crippen LogP contribution < -0.4 is 10.5 Å². The minimum atomic E-state index is 0. The van der Waals surface area contributed by atoms with Crippen molar-refractivity contribution in [3.63, 3.8) is 0 Å². The maximum atomic E-state index is 5.88. The molecule has 1 saturated heterocycles. The highest BCUT2D eigenvalue weighted by Gasteiger charge is 2.18. The fourth-order valence-electron chi connectivity index (χ4n) is 2.07. The Morgan fingerprint density at radius 3 is 2.82 bits per heavy atom. The number of likely N-dealkylation sites (tertiary alicyclic amines) is 1. The van der Waals surface area contributed by atoms with Crippen molar-refractivity contribution in [2.75, 3.05) is 20.2 Å². The summed E-state index contributed by atoms with van der Waals surface area (Å²) in [6, 6.07) is 6.56. The summed E-state index contributed by atoms with van der Waals surface area (Å²) in [5, 5.41) is 0. The summed E-state index contributed by atoms with van der Waals surface area (Å²) in [7, 11) is 1.68. The molecule has 1 atom stereocenters. The van der Waals surface area contributed by atoms with Crippen LogP contribution in [-0.2, 0) is 6.54 Å². The largest absolute Gasteiger partial charge is 0.496 e. The minimum absolute atomic E-state index is 0. The molecular weight excluding hydrogens is 304 g/mol. The van der Waals surface area contributed by atoms with Crippen LogP contribution in [0, 0.1) is 0 Å². The second-order valence-corrected chi connectivity index (χ2v) is 5.11. The van der Waals surface area contributed by atoms with E-state index in [1.165, 1.54) is 5.56 Å². The quantitative estimate of drug-likeness (QED) is 0.929. The number of hydrogen-bond donors (Lipinski definition) is 1. The first-order valence-electron chi connectivity index (χ1n) is 5.49. The maximum absolute atomic E-state index is 5.88. The van der Waals surface area contributed by atoms with Gasteiger partial charge in [-0.15, -0.1) is 12.4 Å². The molecule has 17 heavy (non-hydrogen) atoms. The zero-order valence-electron chi connectivity index (χ0n) is 9.86. The summed E-state index contributed by atoms with van der Waals surface area (Å²) >= 11 is 3.50. The van der Waals surface area contributed by atoms with Gasteiger partial charge in [0, 0.05) is 25.7 Å². The first-order chi connectivity index (χ1) is 7.69. The molecule has 0 bridgehead atoms. The molecule has 5 heteroatoms. The van der Waals surface area contributed by atoms with Gasteiger partial charge in [-0.2, -0.15) is 0 Å². The van der Waals surface area contributed by atoms with Gasteiger partial charge < -0.3 is 10.5 Å². The van der Waals surface area contributed by atoms with Crippen molar-refractivity contribution in [1.82, 2.24) is 4.90 Å². The highest BCUT2D eigenvalue weighted by Crippen LogP contribution is 2.26. The van der Waals surface area contributed by atoms with E-state index in [4.69, 9.17) is 10.5 Å². The van der Waals surface area contributed by atoms with Crippen LogP contribution in [0.15, 0.2) is 22.7 Å². The number of ether oxygens (including phenoxy) is 1. The predicted molar refractivity (Wildman–Crippen MR) is 75.8 cm³/mol. The molecule has 2 rings (SSSR count). The summed E-state index contributed by atoms with van der Waals surface area (Å²) in [4.78, 5) is 2.39. The first-order valence-corrected chi connectivity index (χ1v) is 6.28. The summed E-state index contributed by atoms with van der Waals surface area (Å²) in [6.07, 6.45) is 1.11. The fraction of sp³-hybridized carbons (Fsp3) is 0.500. The van der Waals surface area contributed by atoms with Crippen LogP contribution >= 0.6 is 28.3 Å². The maximum Gasteiger partial charge on any atom is 0.133 e. The molecule has 3 nitrogen and oxygen atoms in total. The van der Waals surface area contributed by atoms with Crippen molar-refractivity contribution in [1.29, 1.82) is 0 Å². The van der Waals surface area contributed by atoms with Crippen molar-refractivity contribution < 1.29 is 4.74 Å². The van der Waals surface area contributed by atoms with Gasteiger partial charge in [0.05, 0.1) is 11.6 Å². The van der Waals surface area contributed by atoms with Gasteiger partial charge in [-0.25, -0.2) is 0 Å². The smallest absolute Gasteiger partial charge is 0.133 e. The van der Waals surface area contributed by atoms with Crippen LogP contribution in [0.4, 0.5) is 0 Å². The van der Waals surface area contributed by atoms with Gasteiger partial charge in [-0.3, -0.25) is 4.90 Å². The fourth-order valence-corrected chi connectivity index (χ4v) is 2.66. The Labute approximate surface area is 117 Å². The van der Waals surface area contributed by atoms with Crippen molar-refractivity contribution in [3.05, 3.63) is 28.2 Å². The van der Waals surface area contributed by atoms with Crippen LogP contribution in [-0.4, -0.2) is 31.1 Å². The lowest BCUT2D eigenvalue weighted by Gasteiger charge is -2.15. The molecule has 0 amide bonds. The molecule has 1 aliphatic rings. The van der Waals surface area contributed by atoms with Crippen LogP contribution in [0.2, 0.25) is 0 Å². The van der Waals surface area contributed by atoms with Crippen LogP contribution in [0.5, 0.6) is 5.75 Å². The third-order valence-corrected chi connectivity index (χ3v) is 3.55. The van der Waals surface area contributed by atoms with E-state index < -0.39 is 0 Å². The Morgan fingerprint density at radius 1 is 1.53 bits per heavy atom. The summed E-state index contributed by atoms with van der Waals surface area (Å²) in [5.74, 6) is 0.877. The zero-order chi connectivity index (χ0) is 11.5. The van der Waals surface area contributed by atoms with Crippen molar-refractivity contribution in [3.8, 4) is 5.75 Å². The second-order valence-electron chi connectivity index (χ2n) is 4.25. The van der Waals surface area contributed by atoms with Gasteiger partial charge in [-0.1, -0.05) is 6.07 Å². The lowest BCUT2D eigenvalue weighted by Crippen LogP contribution is -2.26. The Morgan fingerprint density at radius 2 is 2.29 bits per heavy atom. The van der Waals surface area contributed by atoms with Crippen LogP contribution in [0.3, 0.4) is 0 Å². The summed E-state index contributed by atoms with van der Waals surface area (Å²) < 4.78 is 6.22. The van der Waals surface area contributed by atoms with Gasteiger partial charge in [0.15, 0.2) is 0 Å². The molecule has 0 radical (unpaired) electrons. The molecule has 1 aliphatic heterocycles. The molecular formula is C12H18BrClN2O. The number of nitrogens with two attached hydrogens (primary N) is 1. The van der Waals surface area contributed by atoms with Crippen LogP contribution in [0.1, 0.15) is 12.0 Å².